The van der Waals surface area contributed by atoms with Crippen LogP contribution in [0.2, 0.25) is 0 Å². The number of hydrogen-bond acceptors (Lipinski definition) is 0. The minimum Gasteiger partial charge on any atom is -0.0683 e. The third kappa shape index (κ3) is 6.55. The van der Waals surface area contributed by atoms with Gasteiger partial charge in [0.2, 0.25) is 0 Å². The Kier molecular flexibility index (Phi) is 10.4. The Morgan fingerprint density at radius 2 is 1.25 bits per heavy atom. The quantitative estimate of drug-likeness (QED) is 0.466. The van der Waals surface area contributed by atoms with E-state index in [-0.39, 0.29) is 0 Å². The van der Waals surface area contributed by atoms with Crippen LogP contribution in [-0.2, 0) is 0 Å². The maximum absolute atomic E-state index is 2.43. The predicted octanol–water partition coefficient (Wildman–Crippen LogP) is 6.16. The average molecular weight is 228 g/mol. The first-order valence-corrected chi connectivity index (χ1v) is 7.41. The van der Waals surface area contributed by atoms with Crippen molar-refractivity contribution in [2.24, 2.45) is 23.2 Å². The summed E-state index contributed by atoms with van der Waals surface area (Å²) in [4.78, 5) is 0. The van der Waals surface area contributed by atoms with Crippen LogP contribution in [0.1, 0.15) is 81.6 Å². The highest BCUT2D eigenvalue weighted by Gasteiger charge is 2.33. The Labute approximate surface area is 105 Å². The van der Waals surface area contributed by atoms with Crippen LogP contribution in [0.15, 0.2) is 0 Å². The van der Waals surface area contributed by atoms with Crippen molar-refractivity contribution in [3.8, 4) is 0 Å². The summed E-state index contributed by atoms with van der Waals surface area (Å²) in [5, 5.41) is 0. The van der Waals surface area contributed by atoms with Gasteiger partial charge in [-0.2, -0.15) is 0 Å². The van der Waals surface area contributed by atoms with Gasteiger partial charge in [0, 0.05) is 0 Å². The first kappa shape index (κ1) is 18.4. The summed E-state index contributed by atoms with van der Waals surface area (Å²) in [5.41, 5.74) is 0.522. The SMILES string of the molecule is CC.CC.CC1CCC(C)C(C(C)(C)C)C1. The summed E-state index contributed by atoms with van der Waals surface area (Å²) in [6.07, 6.45) is 4.35. The molecule has 1 rings (SSSR count). The van der Waals surface area contributed by atoms with Crippen molar-refractivity contribution in [2.45, 2.75) is 81.6 Å². The molecule has 0 aromatic heterocycles. The zero-order chi connectivity index (χ0) is 13.4. The first-order valence-electron chi connectivity index (χ1n) is 7.41. The second-order valence-corrected chi connectivity index (χ2v) is 5.87. The highest BCUT2D eigenvalue weighted by atomic mass is 14.4. The third-order valence-corrected chi connectivity index (χ3v) is 3.57. The molecule has 1 aliphatic rings. The van der Waals surface area contributed by atoms with Crippen molar-refractivity contribution in [3.05, 3.63) is 0 Å². The molecule has 0 spiro atoms. The molecule has 0 nitrogen and oxygen atoms in total. The van der Waals surface area contributed by atoms with Gasteiger partial charge in [0.15, 0.2) is 0 Å². The minimum atomic E-state index is 0.522. The largest absolute Gasteiger partial charge is 0.0683 e. The van der Waals surface area contributed by atoms with Gasteiger partial charge < -0.3 is 0 Å². The van der Waals surface area contributed by atoms with E-state index in [0.717, 1.165) is 17.8 Å². The molecule has 0 radical (unpaired) electrons. The normalized spacial score (nSPS) is 29.4. The van der Waals surface area contributed by atoms with E-state index < -0.39 is 0 Å². The first-order chi connectivity index (χ1) is 7.41. The monoisotopic (exact) mass is 228 g/mol. The molecule has 0 bridgehead atoms. The second-order valence-electron chi connectivity index (χ2n) is 5.87. The minimum absolute atomic E-state index is 0.522. The van der Waals surface area contributed by atoms with Crippen LogP contribution in [-0.4, -0.2) is 0 Å². The molecule has 3 atom stereocenters. The summed E-state index contributed by atoms with van der Waals surface area (Å²) in [6, 6.07) is 0. The zero-order valence-corrected chi connectivity index (χ0v) is 13.4. The molecule has 16 heavy (non-hydrogen) atoms. The molecule has 0 aromatic rings. The second kappa shape index (κ2) is 9.07. The van der Waals surface area contributed by atoms with E-state index in [2.05, 4.69) is 34.6 Å². The zero-order valence-electron chi connectivity index (χ0n) is 13.4. The summed E-state index contributed by atoms with van der Waals surface area (Å²) in [6.45, 7) is 20.0. The molecule has 0 heterocycles. The van der Waals surface area contributed by atoms with Crippen LogP contribution in [0.3, 0.4) is 0 Å². The van der Waals surface area contributed by atoms with E-state index in [1.54, 1.807) is 0 Å². The molecule has 3 unspecified atom stereocenters. The molecular formula is C16H36. The van der Waals surface area contributed by atoms with Gasteiger partial charge in [0.05, 0.1) is 0 Å². The standard InChI is InChI=1S/C12H24.2C2H6/c1-9-6-7-10(2)11(8-9)12(3,4)5;2*1-2/h9-11H,6-8H2,1-5H3;2*1-2H3. The molecular weight excluding hydrogens is 192 g/mol. The van der Waals surface area contributed by atoms with Crippen molar-refractivity contribution in [2.75, 3.05) is 0 Å². The Morgan fingerprint density at radius 1 is 0.812 bits per heavy atom. The van der Waals surface area contributed by atoms with Gasteiger partial charge in [-0.3, -0.25) is 0 Å². The van der Waals surface area contributed by atoms with Crippen LogP contribution in [0.25, 0.3) is 0 Å². The highest BCUT2D eigenvalue weighted by Crippen LogP contribution is 2.43. The summed E-state index contributed by atoms with van der Waals surface area (Å²) in [7, 11) is 0. The van der Waals surface area contributed by atoms with Crippen LogP contribution in [0.5, 0.6) is 0 Å². The van der Waals surface area contributed by atoms with Crippen LogP contribution in [0, 0.1) is 23.2 Å². The van der Waals surface area contributed by atoms with E-state index in [0.29, 0.717) is 5.41 Å². The Hall–Kier alpha value is 0. The lowest BCUT2D eigenvalue weighted by atomic mass is 9.64. The molecule has 0 amide bonds. The van der Waals surface area contributed by atoms with Crippen LogP contribution >= 0.6 is 0 Å². The van der Waals surface area contributed by atoms with E-state index in [1.165, 1.54) is 19.3 Å². The molecule has 0 N–H and O–H groups in total. The average Bonchev–Trinajstić information content (AvgIpc) is 2.26. The van der Waals surface area contributed by atoms with Gasteiger partial charge in [0.25, 0.3) is 0 Å². The fourth-order valence-electron chi connectivity index (χ4n) is 2.74. The summed E-state index contributed by atoms with van der Waals surface area (Å²) < 4.78 is 0. The van der Waals surface area contributed by atoms with Gasteiger partial charge in [-0.05, 0) is 29.6 Å². The number of hydrogen-bond donors (Lipinski definition) is 0. The molecule has 1 fully saturated rings. The molecule has 1 aliphatic carbocycles. The van der Waals surface area contributed by atoms with Crippen molar-refractivity contribution in [3.63, 3.8) is 0 Å². The lowest BCUT2D eigenvalue weighted by Gasteiger charge is -2.41. The Balaban J connectivity index is 0. The smallest absolute Gasteiger partial charge is 0.0337 e. The molecule has 0 aromatic carbocycles. The topological polar surface area (TPSA) is 0 Å². The van der Waals surface area contributed by atoms with Gasteiger partial charge in [-0.15, -0.1) is 0 Å². The fourth-order valence-corrected chi connectivity index (χ4v) is 2.74. The third-order valence-electron chi connectivity index (χ3n) is 3.57. The van der Waals surface area contributed by atoms with Crippen molar-refractivity contribution in [1.29, 1.82) is 0 Å². The summed E-state index contributed by atoms with van der Waals surface area (Å²) in [5.74, 6) is 2.85. The van der Waals surface area contributed by atoms with E-state index >= 15 is 0 Å². The number of rotatable bonds is 0. The van der Waals surface area contributed by atoms with Gasteiger partial charge in [0.1, 0.15) is 0 Å². The van der Waals surface area contributed by atoms with Crippen molar-refractivity contribution < 1.29 is 0 Å². The maximum atomic E-state index is 2.43. The highest BCUT2D eigenvalue weighted by molar-refractivity contribution is 4.83. The Morgan fingerprint density at radius 3 is 1.56 bits per heavy atom. The molecule has 0 aliphatic heterocycles. The molecule has 0 heteroatoms. The summed E-state index contributed by atoms with van der Waals surface area (Å²) >= 11 is 0. The van der Waals surface area contributed by atoms with Gasteiger partial charge in [-0.1, -0.05) is 75.2 Å². The van der Waals surface area contributed by atoms with Crippen molar-refractivity contribution in [1.82, 2.24) is 0 Å². The van der Waals surface area contributed by atoms with E-state index in [9.17, 15) is 0 Å². The molecule has 1 saturated carbocycles. The van der Waals surface area contributed by atoms with Gasteiger partial charge >= 0.3 is 0 Å². The lowest BCUT2D eigenvalue weighted by Crippen LogP contribution is -2.32. The lowest BCUT2D eigenvalue weighted by molar-refractivity contribution is 0.0916. The van der Waals surface area contributed by atoms with Crippen LogP contribution in [0.4, 0.5) is 0 Å². The molecule has 100 valence electrons. The maximum Gasteiger partial charge on any atom is -0.0337 e. The van der Waals surface area contributed by atoms with E-state index in [1.807, 2.05) is 27.7 Å². The fraction of sp³-hybridized carbons (Fsp3) is 1.00. The van der Waals surface area contributed by atoms with Crippen LogP contribution < -0.4 is 0 Å². The Bertz CT molecular complexity index is 141. The predicted molar refractivity (Wildman–Crippen MR) is 77.8 cm³/mol. The van der Waals surface area contributed by atoms with Crippen molar-refractivity contribution >= 4 is 0 Å². The van der Waals surface area contributed by atoms with Gasteiger partial charge in [-0.25, -0.2) is 0 Å². The molecule has 0 saturated heterocycles. The van der Waals surface area contributed by atoms with E-state index in [4.69, 9.17) is 0 Å².